The molecule has 1 aliphatic heterocycles. The van der Waals surface area contributed by atoms with E-state index in [1.165, 1.54) is 5.56 Å². The number of hydrogen-bond donors (Lipinski definition) is 2. The molecule has 5 nitrogen and oxygen atoms in total. The summed E-state index contributed by atoms with van der Waals surface area (Å²) < 4.78 is 0. The van der Waals surface area contributed by atoms with Gasteiger partial charge in [0, 0.05) is 25.2 Å². The van der Waals surface area contributed by atoms with Crippen LogP contribution in [0.15, 0.2) is 78.9 Å². The summed E-state index contributed by atoms with van der Waals surface area (Å²) in [6.45, 7) is 9.96. The number of nitrogens with zero attached hydrogens (tertiary/aromatic N) is 1. The van der Waals surface area contributed by atoms with Crippen molar-refractivity contribution in [3.05, 3.63) is 101 Å². The number of piperidine rings is 1. The smallest absolute Gasteiger partial charge is 0.319 e. The minimum atomic E-state index is -0.633. The highest BCUT2D eigenvalue weighted by atomic mass is 16.2. The molecule has 0 spiro atoms. The van der Waals surface area contributed by atoms with Gasteiger partial charge in [-0.1, -0.05) is 107 Å². The second kappa shape index (κ2) is 13.5. The Labute approximate surface area is 234 Å². The van der Waals surface area contributed by atoms with Crippen LogP contribution < -0.4 is 10.6 Å². The standard InChI is InChI=1S/C34H43N3O2/c1-24(2)29-16-11-17-30(25(3)4)32(29)36-34(39)35-31(23-27-14-9-6-10-15-27)33(38)37-20-18-28(19-21-37)22-26-12-7-5-8-13-26/h5-17,24-25,28,31H,18-23H2,1-4H3,(H2,35,36,39)/t31-/m0/s1. The molecule has 0 unspecified atom stereocenters. The third kappa shape index (κ3) is 7.72. The summed E-state index contributed by atoms with van der Waals surface area (Å²) in [5.41, 5.74) is 5.43. The minimum Gasteiger partial charge on any atom is -0.341 e. The van der Waals surface area contributed by atoms with Crippen LogP contribution in [0.1, 0.15) is 74.6 Å². The highest BCUT2D eigenvalue weighted by Gasteiger charge is 2.30. The van der Waals surface area contributed by atoms with E-state index in [4.69, 9.17) is 0 Å². The highest BCUT2D eigenvalue weighted by molar-refractivity contribution is 5.95. The zero-order valence-electron chi connectivity index (χ0n) is 23.8. The van der Waals surface area contributed by atoms with Crippen LogP contribution in [0.5, 0.6) is 0 Å². The maximum atomic E-state index is 13.8. The Morgan fingerprint density at radius 2 is 1.31 bits per heavy atom. The van der Waals surface area contributed by atoms with Gasteiger partial charge in [0.2, 0.25) is 5.91 Å². The van der Waals surface area contributed by atoms with Gasteiger partial charge in [-0.15, -0.1) is 0 Å². The van der Waals surface area contributed by atoms with Gasteiger partial charge in [0.15, 0.2) is 0 Å². The van der Waals surface area contributed by atoms with E-state index in [-0.39, 0.29) is 23.8 Å². The topological polar surface area (TPSA) is 61.4 Å². The van der Waals surface area contributed by atoms with Gasteiger partial charge in [0.1, 0.15) is 6.04 Å². The van der Waals surface area contributed by atoms with Gasteiger partial charge in [0.25, 0.3) is 0 Å². The molecule has 39 heavy (non-hydrogen) atoms. The Kier molecular flexibility index (Phi) is 9.80. The molecule has 1 fully saturated rings. The molecule has 0 bridgehead atoms. The number of rotatable bonds is 9. The van der Waals surface area contributed by atoms with E-state index >= 15 is 0 Å². The molecule has 1 aliphatic rings. The van der Waals surface area contributed by atoms with Crippen molar-refractivity contribution in [2.45, 2.75) is 71.3 Å². The normalized spacial score (nSPS) is 14.9. The molecule has 1 atom stereocenters. The Morgan fingerprint density at radius 1 is 0.769 bits per heavy atom. The van der Waals surface area contributed by atoms with E-state index in [1.54, 1.807) is 0 Å². The van der Waals surface area contributed by atoms with Crippen molar-refractivity contribution in [2.75, 3.05) is 18.4 Å². The first-order valence-electron chi connectivity index (χ1n) is 14.4. The van der Waals surface area contributed by atoms with Crippen LogP contribution in [0.4, 0.5) is 10.5 Å². The number of para-hydroxylation sites is 1. The fourth-order valence-electron chi connectivity index (χ4n) is 5.58. The van der Waals surface area contributed by atoms with Crippen molar-refractivity contribution < 1.29 is 9.59 Å². The Bertz CT molecular complexity index is 1190. The lowest BCUT2D eigenvalue weighted by atomic mass is 9.90. The molecule has 206 valence electrons. The molecular weight excluding hydrogens is 482 g/mol. The van der Waals surface area contributed by atoms with E-state index in [0.29, 0.717) is 12.3 Å². The number of likely N-dealkylation sites (tertiary alicyclic amines) is 1. The number of anilines is 1. The van der Waals surface area contributed by atoms with E-state index in [9.17, 15) is 9.59 Å². The van der Waals surface area contributed by atoms with E-state index < -0.39 is 6.04 Å². The van der Waals surface area contributed by atoms with Gasteiger partial charge in [-0.05, 0) is 59.3 Å². The average Bonchev–Trinajstić information content (AvgIpc) is 2.93. The number of amides is 3. The lowest BCUT2D eigenvalue weighted by molar-refractivity contribution is -0.134. The molecule has 3 amide bonds. The molecule has 3 aromatic rings. The van der Waals surface area contributed by atoms with Crippen molar-refractivity contribution >= 4 is 17.6 Å². The molecule has 0 radical (unpaired) electrons. The SMILES string of the molecule is CC(C)c1cccc(C(C)C)c1NC(=O)N[C@@H](Cc1ccccc1)C(=O)N1CCC(Cc2ccccc2)CC1. The molecule has 2 N–H and O–H groups in total. The van der Waals surface area contributed by atoms with Crippen LogP contribution in [0, 0.1) is 5.92 Å². The molecule has 4 rings (SSSR count). The molecule has 0 aliphatic carbocycles. The van der Waals surface area contributed by atoms with Crippen LogP contribution in [-0.4, -0.2) is 36.0 Å². The van der Waals surface area contributed by atoms with Crippen molar-refractivity contribution in [3.8, 4) is 0 Å². The third-order valence-electron chi connectivity index (χ3n) is 7.79. The molecule has 1 heterocycles. The highest BCUT2D eigenvalue weighted by Crippen LogP contribution is 2.32. The molecule has 5 heteroatoms. The summed E-state index contributed by atoms with van der Waals surface area (Å²) in [7, 11) is 0. The van der Waals surface area contributed by atoms with Crippen LogP contribution in [0.2, 0.25) is 0 Å². The van der Waals surface area contributed by atoms with Crippen molar-refractivity contribution in [1.82, 2.24) is 10.2 Å². The van der Waals surface area contributed by atoms with Gasteiger partial charge in [-0.2, -0.15) is 0 Å². The Hall–Kier alpha value is -3.60. The second-order valence-corrected chi connectivity index (χ2v) is 11.4. The monoisotopic (exact) mass is 525 g/mol. The van der Waals surface area contributed by atoms with Crippen LogP contribution >= 0.6 is 0 Å². The van der Waals surface area contributed by atoms with Crippen molar-refractivity contribution in [1.29, 1.82) is 0 Å². The number of nitrogens with one attached hydrogen (secondary N) is 2. The van der Waals surface area contributed by atoms with Gasteiger partial charge < -0.3 is 15.5 Å². The summed E-state index contributed by atoms with van der Waals surface area (Å²) in [5.74, 6) is 1.09. The number of urea groups is 1. The zero-order valence-corrected chi connectivity index (χ0v) is 23.8. The zero-order chi connectivity index (χ0) is 27.8. The van der Waals surface area contributed by atoms with E-state index in [2.05, 4.69) is 80.8 Å². The Morgan fingerprint density at radius 3 is 1.85 bits per heavy atom. The van der Waals surface area contributed by atoms with Crippen LogP contribution in [0.25, 0.3) is 0 Å². The fraction of sp³-hybridized carbons (Fsp3) is 0.412. The summed E-state index contributed by atoms with van der Waals surface area (Å²) in [4.78, 5) is 29.1. The second-order valence-electron chi connectivity index (χ2n) is 11.4. The van der Waals surface area contributed by atoms with Gasteiger partial charge >= 0.3 is 6.03 Å². The summed E-state index contributed by atoms with van der Waals surface area (Å²) in [6.07, 6.45) is 3.46. The molecule has 3 aromatic carbocycles. The molecule has 0 saturated carbocycles. The number of carbonyl (C=O) groups is 2. The maximum absolute atomic E-state index is 13.8. The largest absolute Gasteiger partial charge is 0.341 e. The lowest BCUT2D eigenvalue weighted by Gasteiger charge is -2.34. The quantitative estimate of drug-likeness (QED) is 0.312. The maximum Gasteiger partial charge on any atom is 0.319 e. The summed E-state index contributed by atoms with van der Waals surface area (Å²) in [6, 6.07) is 25.7. The minimum absolute atomic E-state index is 0.00612. The Balaban J connectivity index is 1.46. The van der Waals surface area contributed by atoms with E-state index in [1.807, 2.05) is 41.3 Å². The van der Waals surface area contributed by atoms with Crippen LogP contribution in [0.3, 0.4) is 0 Å². The number of carbonyl (C=O) groups excluding carboxylic acids is 2. The van der Waals surface area contributed by atoms with Crippen LogP contribution in [-0.2, 0) is 17.6 Å². The lowest BCUT2D eigenvalue weighted by Crippen LogP contribution is -2.52. The number of benzene rings is 3. The average molecular weight is 526 g/mol. The first-order valence-corrected chi connectivity index (χ1v) is 14.4. The van der Waals surface area contributed by atoms with Crippen molar-refractivity contribution in [3.63, 3.8) is 0 Å². The number of hydrogen-bond acceptors (Lipinski definition) is 2. The fourth-order valence-corrected chi connectivity index (χ4v) is 5.58. The van der Waals surface area contributed by atoms with Gasteiger partial charge in [-0.25, -0.2) is 4.79 Å². The summed E-state index contributed by atoms with van der Waals surface area (Å²) in [5, 5.41) is 6.18. The molecule has 0 aromatic heterocycles. The molecule has 1 saturated heterocycles. The first-order chi connectivity index (χ1) is 18.8. The van der Waals surface area contributed by atoms with Gasteiger partial charge in [0.05, 0.1) is 0 Å². The van der Waals surface area contributed by atoms with Gasteiger partial charge in [-0.3, -0.25) is 4.79 Å². The van der Waals surface area contributed by atoms with Crippen molar-refractivity contribution in [2.24, 2.45) is 5.92 Å². The third-order valence-corrected chi connectivity index (χ3v) is 7.79. The van der Waals surface area contributed by atoms with E-state index in [0.717, 1.165) is 54.7 Å². The summed E-state index contributed by atoms with van der Waals surface area (Å²) >= 11 is 0. The molecular formula is C34H43N3O2. The predicted octanol–water partition coefficient (Wildman–Crippen LogP) is 7.15. The predicted molar refractivity (Wildman–Crippen MR) is 160 cm³/mol. The first kappa shape index (κ1) is 28.4.